The second-order valence-corrected chi connectivity index (χ2v) is 5.07. The average molecular weight is 219 g/mol. The molecular formula is C13H21N3. The third-order valence-corrected chi connectivity index (χ3v) is 3.36. The third kappa shape index (κ3) is 2.53. The van der Waals surface area contributed by atoms with E-state index in [2.05, 4.69) is 23.9 Å². The molecular weight excluding hydrogens is 198 g/mol. The van der Waals surface area contributed by atoms with Gasteiger partial charge in [0.25, 0.3) is 0 Å². The van der Waals surface area contributed by atoms with Gasteiger partial charge in [0.15, 0.2) is 0 Å². The van der Waals surface area contributed by atoms with Crippen LogP contribution in [0, 0.1) is 19.8 Å². The summed E-state index contributed by atoms with van der Waals surface area (Å²) in [5.41, 5.74) is 10.2. The highest BCUT2D eigenvalue weighted by Gasteiger charge is 2.23. The van der Waals surface area contributed by atoms with Crippen molar-refractivity contribution in [2.45, 2.75) is 33.2 Å². The normalized spacial score (nSPS) is 15.8. The Morgan fingerprint density at radius 1 is 1.44 bits per heavy atom. The molecule has 1 aliphatic carbocycles. The second-order valence-electron chi connectivity index (χ2n) is 5.07. The number of nitrogen functional groups attached to an aromatic ring is 1. The van der Waals surface area contributed by atoms with Crippen LogP contribution in [0.5, 0.6) is 0 Å². The Labute approximate surface area is 97.7 Å². The predicted molar refractivity (Wildman–Crippen MR) is 67.2 cm³/mol. The molecule has 3 heteroatoms. The van der Waals surface area contributed by atoms with Crippen molar-refractivity contribution >= 4 is 5.69 Å². The highest BCUT2D eigenvalue weighted by molar-refractivity contribution is 5.53. The summed E-state index contributed by atoms with van der Waals surface area (Å²) in [5.74, 6) is 0.924. The first kappa shape index (κ1) is 11.4. The predicted octanol–water partition coefficient (Wildman–Crippen LogP) is 2.12. The number of aromatic nitrogens is 1. The number of hydrogen-bond acceptors (Lipinski definition) is 3. The van der Waals surface area contributed by atoms with Crippen molar-refractivity contribution in [2.24, 2.45) is 5.92 Å². The molecule has 16 heavy (non-hydrogen) atoms. The topological polar surface area (TPSA) is 42.2 Å². The molecule has 0 atom stereocenters. The molecule has 2 rings (SSSR count). The molecule has 1 heterocycles. The van der Waals surface area contributed by atoms with Gasteiger partial charge in [0, 0.05) is 25.0 Å². The third-order valence-electron chi connectivity index (χ3n) is 3.36. The summed E-state index contributed by atoms with van der Waals surface area (Å²) in [7, 11) is 2.16. The monoisotopic (exact) mass is 219 g/mol. The van der Waals surface area contributed by atoms with Crippen molar-refractivity contribution in [1.82, 2.24) is 9.88 Å². The van der Waals surface area contributed by atoms with Crippen LogP contribution in [0.2, 0.25) is 0 Å². The van der Waals surface area contributed by atoms with Crippen molar-refractivity contribution in [3.63, 3.8) is 0 Å². The minimum absolute atomic E-state index is 0.893. The SMILES string of the molecule is Cc1cnc(CN(C)CC2CC2)c(C)c1N. The maximum Gasteiger partial charge on any atom is 0.0593 e. The van der Waals surface area contributed by atoms with Gasteiger partial charge in [0.05, 0.1) is 5.69 Å². The fraction of sp³-hybridized carbons (Fsp3) is 0.615. The van der Waals surface area contributed by atoms with E-state index >= 15 is 0 Å². The van der Waals surface area contributed by atoms with Crippen LogP contribution >= 0.6 is 0 Å². The van der Waals surface area contributed by atoms with Gasteiger partial charge in [0.2, 0.25) is 0 Å². The maximum absolute atomic E-state index is 6.01. The van der Waals surface area contributed by atoms with E-state index in [0.717, 1.165) is 35.0 Å². The van der Waals surface area contributed by atoms with E-state index in [0.29, 0.717) is 0 Å². The lowest BCUT2D eigenvalue weighted by molar-refractivity contribution is 0.309. The van der Waals surface area contributed by atoms with Crippen LogP contribution < -0.4 is 5.73 Å². The van der Waals surface area contributed by atoms with Crippen LogP contribution in [0.1, 0.15) is 29.7 Å². The Morgan fingerprint density at radius 3 is 2.75 bits per heavy atom. The van der Waals surface area contributed by atoms with Crippen LogP contribution in [0.4, 0.5) is 5.69 Å². The van der Waals surface area contributed by atoms with Gasteiger partial charge in [-0.25, -0.2) is 0 Å². The summed E-state index contributed by atoms with van der Waals surface area (Å²) < 4.78 is 0. The maximum atomic E-state index is 6.01. The molecule has 1 aromatic heterocycles. The molecule has 88 valence electrons. The molecule has 1 fully saturated rings. The zero-order valence-electron chi connectivity index (χ0n) is 10.5. The Bertz CT molecular complexity index is 383. The Kier molecular flexibility index (Phi) is 3.15. The van der Waals surface area contributed by atoms with Crippen LogP contribution in [0.15, 0.2) is 6.20 Å². The molecule has 0 saturated heterocycles. The van der Waals surface area contributed by atoms with Gasteiger partial charge < -0.3 is 10.6 Å². The standard InChI is InChI=1S/C13H21N3/c1-9-6-15-12(10(2)13(9)14)8-16(3)7-11-4-5-11/h6,11H,4-5,7-8H2,1-3H3,(H2,14,15). The fourth-order valence-electron chi connectivity index (χ4n) is 2.01. The second kappa shape index (κ2) is 4.42. The highest BCUT2D eigenvalue weighted by atomic mass is 15.1. The minimum atomic E-state index is 0.893. The molecule has 0 aromatic carbocycles. The number of nitrogens with two attached hydrogens (primary N) is 1. The number of anilines is 1. The number of pyridine rings is 1. The zero-order chi connectivity index (χ0) is 11.7. The molecule has 3 nitrogen and oxygen atoms in total. The Hall–Kier alpha value is -1.09. The van der Waals surface area contributed by atoms with E-state index in [9.17, 15) is 0 Å². The lowest BCUT2D eigenvalue weighted by atomic mass is 10.1. The number of hydrogen-bond donors (Lipinski definition) is 1. The molecule has 2 N–H and O–H groups in total. The summed E-state index contributed by atoms with van der Waals surface area (Å²) >= 11 is 0. The smallest absolute Gasteiger partial charge is 0.0593 e. The van der Waals surface area contributed by atoms with Crippen LogP contribution in [-0.4, -0.2) is 23.5 Å². The number of nitrogens with zero attached hydrogens (tertiary/aromatic N) is 2. The first-order valence-corrected chi connectivity index (χ1v) is 5.97. The van der Waals surface area contributed by atoms with E-state index in [-0.39, 0.29) is 0 Å². The molecule has 0 bridgehead atoms. The summed E-state index contributed by atoms with van der Waals surface area (Å²) in [6, 6.07) is 0. The van der Waals surface area contributed by atoms with Gasteiger partial charge >= 0.3 is 0 Å². The molecule has 1 aromatic rings. The van der Waals surface area contributed by atoms with Gasteiger partial charge in [-0.05, 0) is 50.8 Å². The molecule has 0 amide bonds. The van der Waals surface area contributed by atoms with E-state index in [1.807, 2.05) is 13.1 Å². The first-order valence-electron chi connectivity index (χ1n) is 5.97. The molecule has 0 aliphatic heterocycles. The molecule has 0 spiro atoms. The Balaban J connectivity index is 2.05. The van der Waals surface area contributed by atoms with Gasteiger partial charge in [-0.2, -0.15) is 0 Å². The quantitative estimate of drug-likeness (QED) is 0.843. The van der Waals surface area contributed by atoms with Gasteiger partial charge in [-0.3, -0.25) is 4.98 Å². The lowest BCUT2D eigenvalue weighted by Gasteiger charge is -2.18. The molecule has 0 unspecified atom stereocenters. The first-order chi connectivity index (χ1) is 7.58. The minimum Gasteiger partial charge on any atom is -0.398 e. The van der Waals surface area contributed by atoms with Crippen molar-refractivity contribution in [1.29, 1.82) is 0 Å². The van der Waals surface area contributed by atoms with Gasteiger partial charge in [-0.15, -0.1) is 0 Å². The lowest BCUT2D eigenvalue weighted by Crippen LogP contribution is -2.22. The highest BCUT2D eigenvalue weighted by Crippen LogP contribution is 2.30. The molecule has 1 saturated carbocycles. The van der Waals surface area contributed by atoms with Crippen LogP contribution in [0.3, 0.4) is 0 Å². The summed E-state index contributed by atoms with van der Waals surface area (Å²) in [6.07, 6.45) is 4.67. The van der Waals surface area contributed by atoms with Crippen LogP contribution in [0.25, 0.3) is 0 Å². The molecule has 0 radical (unpaired) electrons. The number of aryl methyl sites for hydroxylation is 1. The number of rotatable bonds is 4. The zero-order valence-corrected chi connectivity index (χ0v) is 10.5. The van der Waals surface area contributed by atoms with E-state index in [4.69, 9.17) is 5.73 Å². The summed E-state index contributed by atoms with van der Waals surface area (Å²) in [6.45, 7) is 6.17. The van der Waals surface area contributed by atoms with Crippen molar-refractivity contribution in [3.8, 4) is 0 Å². The Morgan fingerprint density at radius 2 is 2.12 bits per heavy atom. The van der Waals surface area contributed by atoms with Gasteiger partial charge in [-0.1, -0.05) is 0 Å². The van der Waals surface area contributed by atoms with Crippen LogP contribution in [-0.2, 0) is 6.54 Å². The van der Waals surface area contributed by atoms with Crippen molar-refractivity contribution in [3.05, 3.63) is 23.0 Å². The summed E-state index contributed by atoms with van der Waals surface area (Å²) in [4.78, 5) is 6.83. The van der Waals surface area contributed by atoms with Crippen molar-refractivity contribution in [2.75, 3.05) is 19.3 Å². The van der Waals surface area contributed by atoms with E-state index in [1.54, 1.807) is 0 Å². The van der Waals surface area contributed by atoms with Crippen molar-refractivity contribution < 1.29 is 0 Å². The van der Waals surface area contributed by atoms with E-state index < -0.39 is 0 Å². The fourth-order valence-corrected chi connectivity index (χ4v) is 2.01. The molecule has 1 aliphatic rings. The summed E-state index contributed by atoms with van der Waals surface area (Å²) in [5, 5.41) is 0. The van der Waals surface area contributed by atoms with Gasteiger partial charge in [0.1, 0.15) is 0 Å². The van der Waals surface area contributed by atoms with E-state index in [1.165, 1.54) is 19.4 Å². The average Bonchev–Trinajstić information content (AvgIpc) is 3.03. The largest absolute Gasteiger partial charge is 0.398 e.